The number of benzene rings is 2. The van der Waals surface area contributed by atoms with Gasteiger partial charge in [0.15, 0.2) is 6.61 Å². The summed E-state index contributed by atoms with van der Waals surface area (Å²) in [6.07, 6.45) is 0. The summed E-state index contributed by atoms with van der Waals surface area (Å²) in [6, 6.07) is 11.7. The van der Waals surface area contributed by atoms with Crippen LogP contribution in [0.25, 0.3) is 0 Å². The number of carbonyl (C=O) groups excluding carboxylic acids is 3. The van der Waals surface area contributed by atoms with Gasteiger partial charge in [-0.2, -0.15) is 0 Å². The Labute approximate surface area is 160 Å². The van der Waals surface area contributed by atoms with Crippen LogP contribution in [0.3, 0.4) is 0 Å². The summed E-state index contributed by atoms with van der Waals surface area (Å²) < 4.78 is 4.82. The van der Waals surface area contributed by atoms with E-state index in [2.05, 4.69) is 10.6 Å². The standard InChI is InChI=1S/C18H16Cl2N2O4/c1-11-5-2-3-6-12(11)18(25)21-9-16(24)26-10-15(23)22-14-8-4-7-13(19)17(14)20/h2-8H,9-10H2,1H3,(H,21,25)(H,22,23). The van der Waals surface area contributed by atoms with Crippen LogP contribution in [-0.4, -0.2) is 30.9 Å². The topological polar surface area (TPSA) is 84.5 Å². The third-order valence-corrected chi connectivity index (χ3v) is 4.19. The van der Waals surface area contributed by atoms with Crippen molar-refractivity contribution in [3.8, 4) is 0 Å². The van der Waals surface area contributed by atoms with E-state index in [1.807, 2.05) is 6.07 Å². The fraction of sp³-hybridized carbons (Fsp3) is 0.167. The minimum Gasteiger partial charge on any atom is -0.454 e. The van der Waals surface area contributed by atoms with Crippen molar-refractivity contribution in [2.24, 2.45) is 0 Å². The molecule has 2 rings (SSSR count). The highest BCUT2D eigenvalue weighted by atomic mass is 35.5. The van der Waals surface area contributed by atoms with Gasteiger partial charge in [0.25, 0.3) is 11.8 Å². The van der Waals surface area contributed by atoms with E-state index in [1.54, 1.807) is 43.3 Å². The van der Waals surface area contributed by atoms with Gasteiger partial charge >= 0.3 is 5.97 Å². The molecular weight excluding hydrogens is 379 g/mol. The van der Waals surface area contributed by atoms with Gasteiger partial charge in [-0.3, -0.25) is 14.4 Å². The summed E-state index contributed by atoms with van der Waals surface area (Å²) in [7, 11) is 0. The third kappa shape index (κ3) is 5.47. The van der Waals surface area contributed by atoms with E-state index in [9.17, 15) is 14.4 Å². The Morgan fingerprint density at radius 3 is 2.50 bits per heavy atom. The number of ether oxygens (including phenoxy) is 1. The molecule has 0 unspecified atom stereocenters. The molecule has 2 amide bonds. The molecule has 0 aliphatic carbocycles. The predicted molar refractivity (Wildman–Crippen MR) is 99.6 cm³/mol. The van der Waals surface area contributed by atoms with Gasteiger partial charge in [0.1, 0.15) is 6.54 Å². The van der Waals surface area contributed by atoms with Gasteiger partial charge in [-0.05, 0) is 30.7 Å². The van der Waals surface area contributed by atoms with E-state index in [-0.39, 0.29) is 11.6 Å². The van der Waals surface area contributed by atoms with E-state index in [1.165, 1.54) is 0 Å². The summed E-state index contributed by atoms with van der Waals surface area (Å²) in [6.45, 7) is 0.929. The van der Waals surface area contributed by atoms with Crippen LogP contribution in [-0.2, 0) is 14.3 Å². The van der Waals surface area contributed by atoms with Crippen molar-refractivity contribution in [3.63, 3.8) is 0 Å². The summed E-state index contributed by atoms with van der Waals surface area (Å²) in [5.41, 5.74) is 1.57. The minimum absolute atomic E-state index is 0.194. The molecule has 0 radical (unpaired) electrons. The number of halogens is 2. The van der Waals surface area contributed by atoms with Crippen LogP contribution in [0.15, 0.2) is 42.5 Å². The summed E-state index contributed by atoms with van der Waals surface area (Å²) in [5, 5.41) is 5.42. The zero-order valence-corrected chi connectivity index (χ0v) is 15.4. The molecule has 0 atom stereocenters. The Balaban J connectivity index is 1.78. The molecular formula is C18H16Cl2N2O4. The highest BCUT2D eigenvalue weighted by Gasteiger charge is 2.13. The van der Waals surface area contributed by atoms with Crippen LogP contribution in [0.4, 0.5) is 5.69 Å². The maximum atomic E-state index is 12.0. The largest absolute Gasteiger partial charge is 0.454 e. The molecule has 0 fully saturated rings. The monoisotopic (exact) mass is 394 g/mol. The second-order valence-corrected chi connectivity index (χ2v) is 6.09. The number of hydrogen-bond acceptors (Lipinski definition) is 4. The number of rotatable bonds is 6. The lowest BCUT2D eigenvalue weighted by Gasteiger charge is -2.09. The van der Waals surface area contributed by atoms with Gasteiger partial charge in [-0.25, -0.2) is 0 Å². The highest BCUT2D eigenvalue weighted by Crippen LogP contribution is 2.29. The van der Waals surface area contributed by atoms with Crippen LogP contribution >= 0.6 is 23.2 Å². The lowest BCUT2D eigenvalue weighted by atomic mass is 10.1. The molecule has 0 saturated carbocycles. The van der Waals surface area contributed by atoms with Crippen LogP contribution in [0.5, 0.6) is 0 Å². The van der Waals surface area contributed by atoms with Crippen molar-refractivity contribution >= 4 is 46.7 Å². The number of esters is 1. The van der Waals surface area contributed by atoms with Crippen molar-refractivity contribution in [1.82, 2.24) is 5.32 Å². The van der Waals surface area contributed by atoms with Gasteiger partial charge in [0, 0.05) is 5.56 Å². The molecule has 2 N–H and O–H groups in total. The molecule has 6 nitrogen and oxygen atoms in total. The van der Waals surface area contributed by atoms with Crippen LogP contribution in [0.2, 0.25) is 10.0 Å². The average Bonchev–Trinajstić information content (AvgIpc) is 2.62. The van der Waals surface area contributed by atoms with E-state index in [0.29, 0.717) is 16.3 Å². The molecule has 0 aliphatic rings. The van der Waals surface area contributed by atoms with E-state index >= 15 is 0 Å². The Morgan fingerprint density at radius 1 is 1.04 bits per heavy atom. The van der Waals surface area contributed by atoms with Gasteiger partial charge in [-0.15, -0.1) is 0 Å². The Bertz CT molecular complexity index is 840. The smallest absolute Gasteiger partial charge is 0.325 e. The van der Waals surface area contributed by atoms with Gasteiger partial charge < -0.3 is 15.4 Å². The number of nitrogens with one attached hydrogen (secondary N) is 2. The van der Waals surface area contributed by atoms with Gasteiger partial charge in [-0.1, -0.05) is 47.5 Å². The fourth-order valence-corrected chi connectivity index (χ4v) is 2.41. The van der Waals surface area contributed by atoms with E-state index in [4.69, 9.17) is 27.9 Å². The number of carbonyl (C=O) groups is 3. The second kappa shape index (κ2) is 9.22. The summed E-state index contributed by atoms with van der Waals surface area (Å²) >= 11 is 11.8. The summed E-state index contributed by atoms with van der Waals surface area (Å²) in [5.74, 6) is -1.71. The Kier molecular flexibility index (Phi) is 7.00. The van der Waals surface area contributed by atoms with Crippen molar-refractivity contribution in [3.05, 3.63) is 63.6 Å². The lowest BCUT2D eigenvalue weighted by Crippen LogP contribution is -2.32. The third-order valence-electron chi connectivity index (χ3n) is 3.37. The first-order valence-corrected chi connectivity index (χ1v) is 8.37. The maximum absolute atomic E-state index is 12.0. The van der Waals surface area contributed by atoms with E-state index in [0.717, 1.165) is 5.56 Å². The van der Waals surface area contributed by atoms with Crippen LogP contribution in [0, 0.1) is 6.92 Å². The molecule has 26 heavy (non-hydrogen) atoms. The summed E-state index contributed by atoms with van der Waals surface area (Å²) in [4.78, 5) is 35.5. The highest BCUT2D eigenvalue weighted by molar-refractivity contribution is 6.44. The normalized spacial score (nSPS) is 10.1. The van der Waals surface area contributed by atoms with Crippen molar-refractivity contribution in [2.75, 3.05) is 18.5 Å². The lowest BCUT2D eigenvalue weighted by molar-refractivity contribution is -0.146. The second-order valence-electron chi connectivity index (χ2n) is 5.31. The van der Waals surface area contributed by atoms with Crippen molar-refractivity contribution in [2.45, 2.75) is 6.92 Å². The Hall–Kier alpha value is -2.57. The number of anilines is 1. The maximum Gasteiger partial charge on any atom is 0.325 e. The molecule has 0 saturated heterocycles. The SMILES string of the molecule is Cc1ccccc1C(=O)NCC(=O)OCC(=O)Nc1cccc(Cl)c1Cl. The van der Waals surface area contributed by atoms with Gasteiger partial charge in [0.2, 0.25) is 0 Å². The molecule has 0 aromatic heterocycles. The molecule has 2 aromatic rings. The molecule has 2 aromatic carbocycles. The molecule has 136 valence electrons. The Morgan fingerprint density at radius 2 is 1.77 bits per heavy atom. The van der Waals surface area contributed by atoms with Crippen LogP contribution < -0.4 is 10.6 Å². The zero-order chi connectivity index (χ0) is 19.1. The van der Waals surface area contributed by atoms with Crippen molar-refractivity contribution < 1.29 is 19.1 Å². The van der Waals surface area contributed by atoms with E-state index < -0.39 is 24.4 Å². The number of hydrogen-bond donors (Lipinski definition) is 2. The van der Waals surface area contributed by atoms with Gasteiger partial charge in [0.05, 0.1) is 15.7 Å². The van der Waals surface area contributed by atoms with Crippen LogP contribution in [0.1, 0.15) is 15.9 Å². The molecule has 0 bridgehead atoms. The minimum atomic E-state index is -0.737. The fourth-order valence-electron chi connectivity index (χ4n) is 2.06. The molecule has 0 aliphatic heterocycles. The molecule has 8 heteroatoms. The zero-order valence-electron chi connectivity index (χ0n) is 13.8. The first-order chi connectivity index (χ1) is 12.4. The quantitative estimate of drug-likeness (QED) is 0.736. The first-order valence-electron chi connectivity index (χ1n) is 7.62. The average molecular weight is 395 g/mol. The number of aryl methyl sites for hydroxylation is 1. The van der Waals surface area contributed by atoms with Crippen molar-refractivity contribution in [1.29, 1.82) is 0 Å². The first kappa shape index (κ1) is 19.8. The molecule has 0 heterocycles. The molecule has 0 spiro atoms. The number of amides is 2. The predicted octanol–water partition coefficient (Wildman–Crippen LogP) is 3.21.